The van der Waals surface area contributed by atoms with Crippen molar-refractivity contribution in [3.8, 4) is 0 Å². The van der Waals surface area contributed by atoms with Crippen molar-refractivity contribution in [2.24, 2.45) is 0 Å². The molecule has 1 heterocycles. The highest BCUT2D eigenvalue weighted by Crippen LogP contribution is 2.24. The highest BCUT2D eigenvalue weighted by molar-refractivity contribution is 5.78. The van der Waals surface area contributed by atoms with Crippen LogP contribution < -0.4 is 5.32 Å². The summed E-state index contributed by atoms with van der Waals surface area (Å²) in [7, 11) is 0. The first-order valence-corrected chi connectivity index (χ1v) is 7.49. The summed E-state index contributed by atoms with van der Waals surface area (Å²) in [6.07, 6.45) is 3.14. The van der Waals surface area contributed by atoms with Crippen LogP contribution in [-0.2, 0) is 4.74 Å². The Labute approximate surface area is 121 Å². The van der Waals surface area contributed by atoms with Crippen LogP contribution in [0, 0.1) is 0 Å². The summed E-state index contributed by atoms with van der Waals surface area (Å²) in [5.74, 6) is 0. The maximum atomic E-state index is 5.88. The molecule has 0 radical (unpaired) electrons. The lowest BCUT2D eigenvalue weighted by atomic mass is 9.99. The second kappa shape index (κ2) is 7.36. The largest absolute Gasteiger partial charge is 0.377 e. The summed E-state index contributed by atoms with van der Waals surface area (Å²) in [4.78, 5) is 4.57. The molecule has 0 aliphatic rings. The molecule has 0 amide bonds. The summed E-state index contributed by atoms with van der Waals surface area (Å²) in [6.45, 7) is 7.99. The number of hydrogen-bond acceptors (Lipinski definition) is 3. The van der Waals surface area contributed by atoms with E-state index in [4.69, 9.17) is 4.74 Å². The SMILES string of the molecule is CCNC(c1cnc2ccccc2c1)C(CC)OCC. The van der Waals surface area contributed by atoms with E-state index in [1.807, 2.05) is 25.3 Å². The van der Waals surface area contributed by atoms with Gasteiger partial charge >= 0.3 is 0 Å². The molecule has 3 nitrogen and oxygen atoms in total. The molecule has 20 heavy (non-hydrogen) atoms. The van der Waals surface area contributed by atoms with Gasteiger partial charge in [-0.1, -0.05) is 32.0 Å². The molecule has 0 spiro atoms. The van der Waals surface area contributed by atoms with Crippen molar-refractivity contribution >= 4 is 10.9 Å². The van der Waals surface area contributed by atoms with E-state index in [9.17, 15) is 0 Å². The smallest absolute Gasteiger partial charge is 0.0767 e. The van der Waals surface area contributed by atoms with Crippen LogP contribution in [0.25, 0.3) is 10.9 Å². The third kappa shape index (κ3) is 3.35. The minimum atomic E-state index is 0.183. The third-order valence-electron chi connectivity index (χ3n) is 3.55. The van der Waals surface area contributed by atoms with Gasteiger partial charge in [0.1, 0.15) is 0 Å². The van der Waals surface area contributed by atoms with E-state index < -0.39 is 0 Å². The van der Waals surface area contributed by atoms with Crippen molar-refractivity contribution in [1.29, 1.82) is 0 Å². The summed E-state index contributed by atoms with van der Waals surface area (Å²) >= 11 is 0. The average Bonchev–Trinajstić information content (AvgIpc) is 2.50. The number of rotatable bonds is 7. The van der Waals surface area contributed by atoms with Crippen LogP contribution in [0.4, 0.5) is 0 Å². The van der Waals surface area contributed by atoms with Crippen molar-refractivity contribution in [3.05, 3.63) is 42.1 Å². The fourth-order valence-electron chi connectivity index (χ4n) is 2.61. The van der Waals surface area contributed by atoms with Gasteiger partial charge in [0.2, 0.25) is 0 Å². The first kappa shape index (κ1) is 14.9. The molecule has 2 unspecified atom stereocenters. The Morgan fingerprint density at radius 2 is 2.00 bits per heavy atom. The number of nitrogens with one attached hydrogen (secondary N) is 1. The zero-order valence-electron chi connectivity index (χ0n) is 12.6. The standard InChI is InChI=1S/C17H24N2O/c1-4-16(20-6-3)17(18-5-2)14-11-13-9-7-8-10-15(13)19-12-14/h7-12,16-18H,4-6H2,1-3H3. The van der Waals surface area contributed by atoms with Gasteiger partial charge in [-0.25, -0.2) is 0 Å². The van der Waals surface area contributed by atoms with Gasteiger partial charge in [0, 0.05) is 18.2 Å². The number of likely N-dealkylation sites (N-methyl/N-ethyl adjacent to an activating group) is 1. The molecule has 2 atom stereocenters. The maximum absolute atomic E-state index is 5.88. The number of para-hydroxylation sites is 1. The van der Waals surface area contributed by atoms with Crippen LogP contribution in [0.3, 0.4) is 0 Å². The maximum Gasteiger partial charge on any atom is 0.0767 e. The van der Waals surface area contributed by atoms with Gasteiger partial charge in [-0.05, 0) is 37.6 Å². The van der Waals surface area contributed by atoms with E-state index in [0.717, 1.165) is 25.1 Å². The number of nitrogens with zero attached hydrogens (tertiary/aromatic N) is 1. The van der Waals surface area contributed by atoms with Crippen LogP contribution in [0.15, 0.2) is 36.5 Å². The lowest BCUT2D eigenvalue weighted by Gasteiger charge is -2.27. The molecule has 108 valence electrons. The zero-order valence-corrected chi connectivity index (χ0v) is 12.6. The summed E-state index contributed by atoms with van der Waals surface area (Å²) in [5, 5.41) is 4.71. The van der Waals surface area contributed by atoms with Gasteiger partial charge < -0.3 is 10.1 Å². The Kier molecular flexibility index (Phi) is 5.50. The molecule has 0 aliphatic heterocycles. The van der Waals surface area contributed by atoms with Gasteiger partial charge in [-0.3, -0.25) is 4.98 Å². The molecule has 3 heteroatoms. The fourth-order valence-corrected chi connectivity index (χ4v) is 2.61. The van der Waals surface area contributed by atoms with Gasteiger partial charge in [0.05, 0.1) is 17.7 Å². The topological polar surface area (TPSA) is 34.2 Å². The number of pyridine rings is 1. The van der Waals surface area contributed by atoms with Gasteiger partial charge in [-0.2, -0.15) is 0 Å². The van der Waals surface area contributed by atoms with E-state index in [1.165, 1.54) is 10.9 Å². The summed E-state index contributed by atoms with van der Waals surface area (Å²) in [5.41, 5.74) is 2.24. The number of aromatic nitrogens is 1. The quantitative estimate of drug-likeness (QED) is 0.834. The molecule has 2 aromatic rings. The lowest BCUT2D eigenvalue weighted by Crippen LogP contribution is -2.33. The van der Waals surface area contributed by atoms with E-state index in [-0.39, 0.29) is 12.1 Å². The van der Waals surface area contributed by atoms with Crippen molar-refractivity contribution in [2.75, 3.05) is 13.2 Å². The Hall–Kier alpha value is -1.45. The Morgan fingerprint density at radius 1 is 1.20 bits per heavy atom. The van der Waals surface area contributed by atoms with Gasteiger partial charge in [-0.15, -0.1) is 0 Å². The fraction of sp³-hybridized carbons (Fsp3) is 0.471. The third-order valence-corrected chi connectivity index (χ3v) is 3.55. The molecule has 0 saturated heterocycles. The highest BCUT2D eigenvalue weighted by Gasteiger charge is 2.21. The predicted octanol–water partition coefficient (Wildman–Crippen LogP) is 3.70. The lowest BCUT2D eigenvalue weighted by molar-refractivity contribution is 0.0318. The normalized spacial score (nSPS) is 14.3. The molecule has 1 aromatic carbocycles. The summed E-state index contributed by atoms with van der Waals surface area (Å²) < 4.78 is 5.88. The van der Waals surface area contributed by atoms with E-state index in [1.54, 1.807) is 0 Å². The van der Waals surface area contributed by atoms with Crippen molar-refractivity contribution in [1.82, 2.24) is 10.3 Å². The minimum absolute atomic E-state index is 0.183. The zero-order chi connectivity index (χ0) is 14.4. The van der Waals surface area contributed by atoms with Crippen LogP contribution >= 0.6 is 0 Å². The molecule has 0 bridgehead atoms. The second-order valence-corrected chi connectivity index (χ2v) is 4.90. The monoisotopic (exact) mass is 272 g/mol. The van der Waals surface area contributed by atoms with Crippen molar-refractivity contribution in [3.63, 3.8) is 0 Å². The number of benzene rings is 1. The Balaban J connectivity index is 2.34. The number of hydrogen-bond donors (Lipinski definition) is 1. The average molecular weight is 272 g/mol. The summed E-state index contributed by atoms with van der Waals surface area (Å²) in [6, 6.07) is 10.6. The first-order valence-electron chi connectivity index (χ1n) is 7.49. The van der Waals surface area contributed by atoms with E-state index in [2.05, 4.69) is 42.3 Å². The van der Waals surface area contributed by atoms with Gasteiger partial charge in [0.25, 0.3) is 0 Å². The van der Waals surface area contributed by atoms with Crippen LogP contribution in [0.5, 0.6) is 0 Å². The molecule has 1 N–H and O–H groups in total. The number of ether oxygens (including phenoxy) is 1. The molecule has 0 aliphatic carbocycles. The van der Waals surface area contributed by atoms with E-state index >= 15 is 0 Å². The van der Waals surface area contributed by atoms with Gasteiger partial charge in [0.15, 0.2) is 0 Å². The minimum Gasteiger partial charge on any atom is -0.377 e. The van der Waals surface area contributed by atoms with Crippen molar-refractivity contribution < 1.29 is 4.74 Å². The van der Waals surface area contributed by atoms with Crippen LogP contribution in [0.2, 0.25) is 0 Å². The predicted molar refractivity (Wildman–Crippen MR) is 83.9 cm³/mol. The van der Waals surface area contributed by atoms with Crippen LogP contribution in [-0.4, -0.2) is 24.2 Å². The van der Waals surface area contributed by atoms with Crippen LogP contribution in [0.1, 0.15) is 38.8 Å². The molecule has 0 fully saturated rings. The molecular formula is C17H24N2O. The molecule has 1 aromatic heterocycles. The first-order chi connectivity index (χ1) is 9.80. The van der Waals surface area contributed by atoms with Crippen molar-refractivity contribution in [2.45, 2.75) is 39.3 Å². The molecular weight excluding hydrogens is 248 g/mol. The molecule has 0 saturated carbocycles. The van der Waals surface area contributed by atoms with E-state index in [0.29, 0.717) is 0 Å². The highest BCUT2D eigenvalue weighted by atomic mass is 16.5. The second-order valence-electron chi connectivity index (χ2n) is 4.90. The Bertz CT molecular complexity index is 541. The number of fused-ring (bicyclic) bond motifs is 1. The Morgan fingerprint density at radius 3 is 2.70 bits per heavy atom. The molecule has 2 rings (SSSR count).